The zero-order valence-electron chi connectivity index (χ0n) is 22.0. The van der Waals surface area contributed by atoms with Crippen molar-refractivity contribution in [2.24, 2.45) is 0 Å². The van der Waals surface area contributed by atoms with Crippen LogP contribution in [0.25, 0.3) is 21.8 Å². The second kappa shape index (κ2) is 14.5. The summed E-state index contributed by atoms with van der Waals surface area (Å²) in [5.41, 5.74) is 6.80. The molecular formula is C32H28Br2Cl2N4. The van der Waals surface area contributed by atoms with Gasteiger partial charge in [0.15, 0.2) is 12.4 Å². The fourth-order valence-electron chi connectivity index (χ4n) is 4.46. The van der Waals surface area contributed by atoms with E-state index in [1.807, 2.05) is 73.1 Å². The van der Waals surface area contributed by atoms with Crippen LogP contribution in [0.3, 0.4) is 0 Å². The standard InChI is InChI=1S/2C16H13ClN2.2BrH/c2*1-19(13-8-6-12(17)7-9-13)16-10-11-18-15-5-3-2-4-14(15)16;;/h2*2-11H,1H3;2*1H. The Bertz CT molecular complexity index is 1540. The molecule has 4 nitrogen and oxygen atoms in total. The van der Waals surface area contributed by atoms with E-state index in [4.69, 9.17) is 23.2 Å². The van der Waals surface area contributed by atoms with Gasteiger partial charge in [-0.05, 0) is 60.7 Å². The van der Waals surface area contributed by atoms with Crippen molar-refractivity contribution < 1.29 is 43.9 Å². The summed E-state index contributed by atoms with van der Waals surface area (Å²) < 4.78 is 0. The topological polar surface area (TPSA) is 34.8 Å². The molecule has 0 spiro atoms. The third kappa shape index (κ3) is 7.12. The lowest BCUT2D eigenvalue weighted by Crippen LogP contribution is -3.00. The molecule has 40 heavy (non-hydrogen) atoms. The van der Waals surface area contributed by atoms with Gasteiger partial charge in [-0.3, -0.25) is 0 Å². The Labute approximate surface area is 265 Å². The first-order valence-electron chi connectivity index (χ1n) is 12.3. The van der Waals surface area contributed by atoms with Crippen molar-refractivity contribution in [3.8, 4) is 0 Å². The summed E-state index contributed by atoms with van der Waals surface area (Å²) in [5.74, 6) is 0. The summed E-state index contributed by atoms with van der Waals surface area (Å²) in [4.78, 5) is 10.8. The number of para-hydroxylation sites is 2. The summed E-state index contributed by atoms with van der Waals surface area (Å²) in [7, 11) is 4.12. The number of nitrogens with one attached hydrogen (secondary N) is 2. The van der Waals surface area contributed by atoms with Gasteiger partial charge in [-0.25, -0.2) is 9.97 Å². The third-order valence-electron chi connectivity index (χ3n) is 6.52. The van der Waals surface area contributed by atoms with Crippen LogP contribution in [0.4, 0.5) is 22.7 Å². The number of aromatic nitrogens is 2. The average molecular weight is 699 g/mol. The van der Waals surface area contributed by atoms with Crippen molar-refractivity contribution in [1.29, 1.82) is 0 Å². The summed E-state index contributed by atoms with van der Waals surface area (Å²) in [6, 6.07) is 36.4. The fraction of sp³-hybridized carbons (Fsp3) is 0.0625. The molecule has 204 valence electrons. The zero-order chi connectivity index (χ0) is 26.5. The molecular weight excluding hydrogens is 671 g/mol. The van der Waals surface area contributed by atoms with Crippen LogP contribution < -0.4 is 53.7 Å². The maximum Gasteiger partial charge on any atom is 0.212 e. The van der Waals surface area contributed by atoms with Crippen molar-refractivity contribution in [2.75, 3.05) is 23.9 Å². The molecule has 8 heteroatoms. The highest BCUT2D eigenvalue weighted by Gasteiger charge is 2.12. The molecule has 0 aliphatic heterocycles. The van der Waals surface area contributed by atoms with E-state index in [0.717, 1.165) is 43.8 Å². The van der Waals surface area contributed by atoms with Crippen LogP contribution in [0.2, 0.25) is 10.0 Å². The molecule has 2 aromatic heterocycles. The Morgan fingerprint density at radius 1 is 0.475 bits per heavy atom. The first kappa shape index (κ1) is 31.4. The molecule has 0 saturated heterocycles. The van der Waals surface area contributed by atoms with Crippen LogP contribution >= 0.6 is 23.2 Å². The molecule has 0 fully saturated rings. The number of halogens is 4. The van der Waals surface area contributed by atoms with E-state index in [0.29, 0.717) is 0 Å². The number of pyridine rings is 2. The highest BCUT2D eigenvalue weighted by molar-refractivity contribution is 6.31. The first-order chi connectivity index (χ1) is 18.5. The maximum atomic E-state index is 5.93. The van der Waals surface area contributed by atoms with Crippen molar-refractivity contribution in [2.45, 2.75) is 0 Å². The lowest BCUT2D eigenvalue weighted by Gasteiger charge is -2.20. The average Bonchev–Trinajstić information content (AvgIpc) is 2.97. The summed E-state index contributed by atoms with van der Waals surface area (Å²) in [6.07, 6.45) is 3.92. The molecule has 0 aliphatic carbocycles. The molecule has 6 rings (SSSR count). The van der Waals surface area contributed by atoms with Crippen molar-refractivity contribution in [1.82, 2.24) is 0 Å². The Kier molecular flexibility index (Phi) is 11.3. The van der Waals surface area contributed by atoms with Gasteiger partial charge in [-0.15, -0.1) is 0 Å². The molecule has 6 aromatic rings. The first-order valence-corrected chi connectivity index (χ1v) is 13.0. The molecule has 2 heterocycles. The monoisotopic (exact) mass is 696 g/mol. The van der Waals surface area contributed by atoms with Crippen LogP contribution in [0.15, 0.2) is 122 Å². The normalized spacial score (nSPS) is 10.1. The number of nitrogens with zero attached hydrogens (tertiary/aromatic N) is 2. The van der Waals surface area contributed by atoms with Gasteiger partial charge in [0.1, 0.15) is 0 Å². The van der Waals surface area contributed by atoms with Crippen LogP contribution in [0.1, 0.15) is 0 Å². The van der Waals surface area contributed by atoms with E-state index in [1.54, 1.807) is 0 Å². The second-order valence-corrected chi connectivity index (χ2v) is 9.76. The quantitative estimate of drug-likeness (QED) is 0.283. The highest BCUT2D eigenvalue weighted by atomic mass is 79.9. The number of aromatic amines is 2. The Morgan fingerprint density at radius 2 is 0.825 bits per heavy atom. The fourth-order valence-corrected chi connectivity index (χ4v) is 4.71. The number of H-pyrrole nitrogens is 2. The Hall–Kier alpha value is -3.16. The maximum absolute atomic E-state index is 5.93. The predicted octanol–water partition coefficient (Wildman–Crippen LogP) is 2.16. The van der Waals surface area contributed by atoms with Gasteiger partial charge in [0.2, 0.25) is 11.0 Å². The molecule has 0 atom stereocenters. The van der Waals surface area contributed by atoms with Gasteiger partial charge in [0, 0.05) is 59.8 Å². The van der Waals surface area contributed by atoms with Gasteiger partial charge in [0.05, 0.1) is 22.1 Å². The number of rotatable bonds is 4. The van der Waals surface area contributed by atoms with Crippen molar-refractivity contribution >= 4 is 67.8 Å². The predicted molar refractivity (Wildman–Crippen MR) is 160 cm³/mol. The number of hydrogen-bond donors (Lipinski definition) is 0. The summed E-state index contributed by atoms with van der Waals surface area (Å²) in [5, 5.41) is 3.90. The van der Waals surface area contributed by atoms with Crippen LogP contribution in [-0.4, -0.2) is 14.1 Å². The van der Waals surface area contributed by atoms with Crippen LogP contribution in [0, 0.1) is 0 Å². The van der Waals surface area contributed by atoms with Crippen molar-refractivity contribution in [3.05, 3.63) is 132 Å². The van der Waals surface area contributed by atoms with Gasteiger partial charge in [-0.1, -0.05) is 47.5 Å². The number of benzene rings is 4. The van der Waals surface area contributed by atoms with E-state index in [-0.39, 0.29) is 34.0 Å². The lowest BCUT2D eigenvalue weighted by molar-refractivity contribution is -0.344. The minimum absolute atomic E-state index is 0. The minimum atomic E-state index is 0. The Morgan fingerprint density at radius 3 is 1.20 bits per heavy atom. The van der Waals surface area contributed by atoms with Gasteiger partial charge in [-0.2, -0.15) is 0 Å². The highest BCUT2D eigenvalue weighted by Crippen LogP contribution is 2.30. The second-order valence-electron chi connectivity index (χ2n) is 8.89. The molecule has 0 aliphatic rings. The van der Waals surface area contributed by atoms with E-state index in [1.165, 1.54) is 10.8 Å². The van der Waals surface area contributed by atoms with Crippen molar-refractivity contribution in [3.63, 3.8) is 0 Å². The van der Waals surface area contributed by atoms with Gasteiger partial charge >= 0.3 is 0 Å². The zero-order valence-corrected chi connectivity index (χ0v) is 26.6. The molecule has 2 N–H and O–H groups in total. The smallest absolute Gasteiger partial charge is 0.212 e. The van der Waals surface area contributed by atoms with Crippen LogP contribution in [0.5, 0.6) is 0 Å². The molecule has 0 saturated carbocycles. The van der Waals surface area contributed by atoms with E-state index in [9.17, 15) is 0 Å². The molecule has 0 radical (unpaired) electrons. The number of anilines is 4. The van der Waals surface area contributed by atoms with E-state index < -0.39 is 0 Å². The van der Waals surface area contributed by atoms with Crippen LogP contribution in [-0.2, 0) is 0 Å². The lowest BCUT2D eigenvalue weighted by atomic mass is 10.1. The summed E-state index contributed by atoms with van der Waals surface area (Å²) >= 11 is 11.9. The molecule has 0 bridgehead atoms. The molecule has 0 unspecified atom stereocenters. The SMILES string of the molecule is CN(c1ccc(Cl)cc1)c1cc[nH+]c2ccccc12.CN(c1ccc(Cl)cc1)c1cc[nH+]c2ccccc12.[Br-].[Br-]. The largest absolute Gasteiger partial charge is 1.00 e. The molecule has 4 aromatic carbocycles. The minimum Gasteiger partial charge on any atom is -1.00 e. The Balaban J connectivity index is 0.000000210. The summed E-state index contributed by atoms with van der Waals surface area (Å²) in [6.45, 7) is 0. The van der Waals surface area contributed by atoms with Gasteiger partial charge < -0.3 is 43.8 Å². The molecule has 0 amide bonds. The van der Waals surface area contributed by atoms with E-state index in [2.05, 4.69) is 82.4 Å². The van der Waals surface area contributed by atoms with Gasteiger partial charge in [0.25, 0.3) is 0 Å². The number of fused-ring (bicyclic) bond motifs is 2. The van der Waals surface area contributed by atoms with E-state index >= 15 is 0 Å². The number of hydrogen-bond acceptors (Lipinski definition) is 2. The third-order valence-corrected chi connectivity index (χ3v) is 7.02.